The summed E-state index contributed by atoms with van der Waals surface area (Å²) in [6, 6.07) is 0.694. The Morgan fingerprint density at radius 1 is 1.39 bits per heavy atom. The maximum absolute atomic E-state index is 3.56. The van der Waals surface area contributed by atoms with E-state index in [1.54, 1.807) is 21.7 Å². The molecule has 2 atom stereocenters. The molecular weight excluding hydrogens is 240 g/mol. The van der Waals surface area contributed by atoms with Crippen LogP contribution >= 0.6 is 11.8 Å². The Bertz CT molecular complexity index is 475. The Morgan fingerprint density at radius 3 is 3.28 bits per heavy atom. The second kappa shape index (κ2) is 4.17. The molecule has 1 saturated heterocycles. The van der Waals surface area contributed by atoms with E-state index in [1.807, 2.05) is 11.8 Å². The van der Waals surface area contributed by atoms with Gasteiger partial charge in [0.2, 0.25) is 0 Å². The number of nitrogens with one attached hydrogen (secondary N) is 1. The van der Waals surface area contributed by atoms with Gasteiger partial charge in [0.15, 0.2) is 0 Å². The van der Waals surface area contributed by atoms with Gasteiger partial charge in [-0.1, -0.05) is 13.0 Å². The van der Waals surface area contributed by atoms with Crippen LogP contribution < -0.4 is 5.32 Å². The van der Waals surface area contributed by atoms with Crippen LogP contribution in [0.25, 0.3) is 0 Å². The molecule has 0 amide bonds. The first-order chi connectivity index (χ1) is 8.86. The molecule has 18 heavy (non-hydrogen) atoms. The fourth-order valence-corrected chi connectivity index (χ4v) is 4.88. The lowest BCUT2D eigenvalue weighted by Gasteiger charge is -2.33. The smallest absolute Gasteiger partial charge is 0.0537 e. The lowest BCUT2D eigenvalue weighted by Crippen LogP contribution is -2.40. The number of hydrogen-bond donors (Lipinski definition) is 1. The van der Waals surface area contributed by atoms with Gasteiger partial charge < -0.3 is 10.2 Å². The van der Waals surface area contributed by atoms with Gasteiger partial charge in [0.05, 0.1) is 11.7 Å². The summed E-state index contributed by atoms with van der Waals surface area (Å²) in [5.74, 6) is 0.743. The van der Waals surface area contributed by atoms with Crippen molar-refractivity contribution in [2.45, 2.75) is 32.2 Å². The predicted octanol–water partition coefficient (Wildman–Crippen LogP) is 2.86. The first-order valence-electron chi connectivity index (χ1n) is 7.11. The fourth-order valence-electron chi connectivity index (χ4n) is 3.85. The highest BCUT2D eigenvalue weighted by molar-refractivity contribution is 8.05. The molecule has 4 rings (SSSR count). The van der Waals surface area contributed by atoms with Gasteiger partial charge in [0.25, 0.3) is 0 Å². The molecule has 2 nitrogen and oxygen atoms in total. The Hall–Kier alpha value is -0.670. The number of fused-ring (bicyclic) bond motifs is 2. The maximum atomic E-state index is 3.56. The quantitative estimate of drug-likeness (QED) is 0.721. The summed E-state index contributed by atoms with van der Waals surface area (Å²) in [6.45, 7) is 5.80. The molecule has 3 heteroatoms. The Morgan fingerprint density at radius 2 is 2.33 bits per heavy atom. The lowest BCUT2D eigenvalue weighted by molar-refractivity contribution is 0.297. The Kier molecular flexibility index (Phi) is 2.59. The summed E-state index contributed by atoms with van der Waals surface area (Å²) in [7, 11) is 0. The minimum atomic E-state index is 0.694. The molecule has 3 aliphatic heterocycles. The van der Waals surface area contributed by atoms with Gasteiger partial charge in [0.1, 0.15) is 0 Å². The van der Waals surface area contributed by atoms with Gasteiger partial charge in [-0.25, -0.2) is 0 Å². The monoisotopic (exact) mass is 260 g/mol. The summed E-state index contributed by atoms with van der Waals surface area (Å²) >= 11 is 1.97. The van der Waals surface area contributed by atoms with Crippen molar-refractivity contribution in [1.82, 2.24) is 10.2 Å². The summed E-state index contributed by atoms with van der Waals surface area (Å²) in [4.78, 5) is 4.32. The standard InChI is InChI=1S/C15H20N2S/c1-10-3-4-11-12-9-16-6-5-13(12)17-7-2-8-18-15(10)14(11)17/h2,8,10,13,16H,3-7,9H2,1H3. The minimum absolute atomic E-state index is 0.694. The molecule has 2 unspecified atom stereocenters. The highest BCUT2D eigenvalue weighted by atomic mass is 32.2. The van der Waals surface area contributed by atoms with Crippen LogP contribution in [0.2, 0.25) is 0 Å². The molecular formula is C15H20N2S. The molecule has 1 aliphatic carbocycles. The van der Waals surface area contributed by atoms with E-state index in [0.717, 1.165) is 19.0 Å². The zero-order chi connectivity index (χ0) is 12.1. The molecule has 0 radical (unpaired) electrons. The van der Waals surface area contributed by atoms with Crippen LogP contribution in [0.1, 0.15) is 26.2 Å². The van der Waals surface area contributed by atoms with E-state index in [1.165, 1.54) is 25.8 Å². The highest BCUT2D eigenvalue weighted by Crippen LogP contribution is 2.49. The van der Waals surface area contributed by atoms with Crippen LogP contribution in [0.4, 0.5) is 0 Å². The van der Waals surface area contributed by atoms with Crippen molar-refractivity contribution in [2.24, 2.45) is 5.92 Å². The minimum Gasteiger partial charge on any atom is -0.360 e. The maximum Gasteiger partial charge on any atom is 0.0537 e. The van der Waals surface area contributed by atoms with Gasteiger partial charge in [-0.3, -0.25) is 0 Å². The van der Waals surface area contributed by atoms with Crippen molar-refractivity contribution in [3.05, 3.63) is 33.2 Å². The topological polar surface area (TPSA) is 15.3 Å². The first kappa shape index (κ1) is 11.2. The molecule has 1 N–H and O–H groups in total. The summed E-state index contributed by atoms with van der Waals surface area (Å²) in [5.41, 5.74) is 5.01. The zero-order valence-corrected chi connectivity index (χ0v) is 11.7. The number of allylic oxidation sites excluding steroid dienone is 2. The van der Waals surface area contributed by atoms with Crippen LogP contribution in [0.3, 0.4) is 0 Å². The summed E-state index contributed by atoms with van der Waals surface area (Å²) < 4.78 is 0. The number of rotatable bonds is 0. The van der Waals surface area contributed by atoms with Gasteiger partial charge >= 0.3 is 0 Å². The molecule has 0 aromatic rings. The van der Waals surface area contributed by atoms with Gasteiger partial charge in [-0.05, 0) is 48.3 Å². The molecule has 0 saturated carbocycles. The van der Waals surface area contributed by atoms with Crippen molar-refractivity contribution in [3.8, 4) is 0 Å². The van der Waals surface area contributed by atoms with Crippen molar-refractivity contribution >= 4 is 11.8 Å². The largest absolute Gasteiger partial charge is 0.360 e. The van der Waals surface area contributed by atoms with Crippen molar-refractivity contribution in [2.75, 3.05) is 19.6 Å². The second-order valence-electron chi connectivity index (χ2n) is 5.78. The molecule has 0 bridgehead atoms. The van der Waals surface area contributed by atoms with Crippen LogP contribution in [-0.4, -0.2) is 30.6 Å². The first-order valence-corrected chi connectivity index (χ1v) is 7.99. The average molecular weight is 260 g/mol. The van der Waals surface area contributed by atoms with E-state index in [0.29, 0.717) is 6.04 Å². The van der Waals surface area contributed by atoms with Crippen molar-refractivity contribution in [3.63, 3.8) is 0 Å². The van der Waals surface area contributed by atoms with E-state index >= 15 is 0 Å². The number of piperidine rings is 1. The fraction of sp³-hybridized carbons (Fsp3) is 0.600. The van der Waals surface area contributed by atoms with Crippen LogP contribution in [0, 0.1) is 5.92 Å². The molecule has 0 aromatic carbocycles. The molecule has 1 fully saturated rings. The van der Waals surface area contributed by atoms with E-state index in [9.17, 15) is 0 Å². The highest BCUT2D eigenvalue weighted by Gasteiger charge is 2.41. The third kappa shape index (κ3) is 1.47. The van der Waals surface area contributed by atoms with Crippen LogP contribution in [-0.2, 0) is 0 Å². The Balaban J connectivity index is 1.88. The van der Waals surface area contributed by atoms with E-state index in [-0.39, 0.29) is 0 Å². The average Bonchev–Trinajstić information content (AvgIpc) is 2.57. The predicted molar refractivity (Wildman–Crippen MR) is 77.2 cm³/mol. The zero-order valence-electron chi connectivity index (χ0n) is 10.9. The molecule has 0 spiro atoms. The summed E-state index contributed by atoms with van der Waals surface area (Å²) in [6.07, 6.45) is 6.25. The number of hydrogen-bond acceptors (Lipinski definition) is 3. The van der Waals surface area contributed by atoms with Gasteiger partial charge in [-0.15, -0.1) is 11.8 Å². The summed E-state index contributed by atoms with van der Waals surface area (Å²) in [5, 5.41) is 5.87. The molecule has 3 heterocycles. The van der Waals surface area contributed by atoms with E-state index in [2.05, 4.69) is 28.6 Å². The molecule has 96 valence electrons. The third-order valence-electron chi connectivity index (χ3n) is 4.75. The van der Waals surface area contributed by atoms with Crippen molar-refractivity contribution in [1.29, 1.82) is 0 Å². The number of thioether (sulfide) groups is 1. The van der Waals surface area contributed by atoms with Gasteiger partial charge in [-0.2, -0.15) is 0 Å². The lowest BCUT2D eigenvalue weighted by atomic mass is 9.88. The molecule has 4 aliphatic rings. The SMILES string of the molecule is CC1CCC2=C3CNCCC3N3CC=CSC1=C23. The normalized spacial score (nSPS) is 34.6. The molecule has 0 aromatic heterocycles. The van der Waals surface area contributed by atoms with Gasteiger partial charge in [0, 0.05) is 18.0 Å². The van der Waals surface area contributed by atoms with Crippen LogP contribution in [0.15, 0.2) is 33.2 Å². The van der Waals surface area contributed by atoms with Crippen LogP contribution in [0.5, 0.6) is 0 Å². The van der Waals surface area contributed by atoms with E-state index in [4.69, 9.17) is 0 Å². The second-order valence-corrected chi connectivity index (χ2v) is 6.73. The van der Waals surface area contributed by atoms with Crippen molar-refractivity contribution < 1.29 is 0 Å². The van der Waals surface area contributed by atoms with E-state index < -0.39 is 0 Å². The third-order valence-corrected chi connectivity index (χ3v) is 5.93. The Labute approximate surface area is 113 Å². The number of nitrogens with zero attached hydrogens (tertiary/aromatic N) is 1.